The van der Waals surface area contributed by atoms with E-state index in [0.29, 0.717) is 18.5 Å². The zero-order valence-corrected chi connectivity index (χ0v) is 11.7. The molecular formula is C16H19NO3. The molecule has 2 rings (SSSR count). The Hall–Kier alpha value is -2.07. The highest BCUT2D eigenvalue weighted by atomic mass is 16.5. The van der Waals surface area contributed by atoms with Gasteiger partial charge in [-0.1, -0.05) is 6.07 Å². The second kappa shape index (κ2) is 6.91. The summed E-state index contributed by atoms with van der Waals surface area (Å²) in [6.07, 6.45) is 2.38. The lowest BCUT2D eigenvalue weighted by molar-refractivity contribution is 0.163. The smallest absolute Gasteiger partial charge is 0.122 e. The van der Waals surface area contributed by atoms with Crippen LogP contribution in [0.3, 0.4) is 0 Å². The average molecular weight is 273 g/mol. The number of hydrogen-bond donors (Lipinski definition) is 1. The van der Waals surface area contributed by atoms with Crippen molar-refractivity contribution in [3.8, 4) is 11.5 Å². The molecule has 0 fully saturated rings. The van der Waals surface area contributed by atoms with E-state index in [1.165, 1.54) is 0 Å². The number of rotatable bonds is 6. The Morgan fingerprint density at radius 3 is 2.65 bits per heavy atom. The van der Waals surface area contributed by atoms with Gasteiger partial charge < -0.3 is 14.6 Å². The predicted octanol–water partition coefficient (Wildman–Crippen LogP) is 2.77. The standard InChI is InChI=1S/C16H19NO3/c1-19-13-7-9-16(20-2)12(11-13)6-8-15(18)14-5-3-4-10-17-14/h3-5,7,9-11,15,18H,6,8H2,1-2H3. The molecule has 1 aromatic carbocycles. The lowest BCUT2D eigenvalue weighted by Crippen LogP contribution is -2.03. The number of ether oxygens (including phenoxy) is 2. The fraction of sp³-hybridized carbons (Fsp3) is 0.312. The summed E-state index contributed by atoms with van der Waals surface area (Å²) in [4.78, 5) is 4.16. The number of methoxy groups -OCH3 is 2. The molecule has 1 atom stereocenters. The van der Waals surface area contributed by atoms with E-state index in [0.717, 1.165) is 17.1 Å². The van der Waals surface area contributed by atoms with Crippen molar-refractivity contribution in [2.75, 3.05) is 14.2 Å². The average Bonchev–Trinajstić information content (AvgIpc) is 2.53. The van der Waals surface area contributed by atoms with Gasteiger partial charge in [-0.25, -0.2) is 0 Å². The van der Waals surface area contributed by atoms with E-state index >= 15 is 0 Å². The first kappa shape index (κ1) is 14.3. The highest BCUT2D eigenvalue weighted by Gasteiger charge is 2.11. The van der Waals surface area contributed by atoms with Crippen molar-refractivity contribution in [2.24, 2.45) is 0 Å². The maximum Gasteiger partial charge on any atom is 0.122 e. The highest BCUT2D eigenvalue weighted by Crippen LogP contribution is 2.27. The molecule has 0 aliphatic heterocycles. The van der Waals surface area contributed by atoms with Crippen LogP contribution in [0, 0.1) is 0 Å². The van der Waals surface area contributed by atoms with Crippen molar-refractivity contribution in [1.82, 2.24) is 4.98 Å². The molecule has 1 N–H and O–H groups in total. The predicted molar refractivity (Wildman–Crippen MR) is 77.1 cm³/mol. The van der Waals surface area contributed by atoms with Crippen molar-refractivity contribution in [2.45, 2.75) is 18.9 Å². The Kier molecular flexibility index (Phi) is 4.96. The summed E-state index contributed by atoms with van der Waals surface area (Å²) in [6, 6.07) is 11.2. The zero-order valence-electron chi connectivity index (χ0n) is 11.7. The van der Waals surface area contributed by atoms with Crippen LogP contribution in [0.4, 0.5) is 0 Å². The quantitative estimate of drug-likeness (QED) is 0.879. The number of aromatic nitrogens is 1. The van der Waals surface area contributed by atoms with Gasteiger partial charge in [-0.2, -0.15) is 0 Å². The van der Waals surface area contributed by atoms with Crippen LogP contribution >= 0.6 is 0 Å². The van der Waals surface area contributed by atoms with Crippen LogP contribution in [0.15, 0.2) is 42.6 Å². The first-order valence-corrected chi connectivity index (χ1v) is 6.54. The minimum Gasteiger partial charge on any atom is -0.497 e. The van der Waals surface area contributed by atoms with Gasteiger partial charge in [0.15, 0.2) is 0 Å². The first-order chi connectivity index (χ1) is 9.74. The highest BCUT2D eigenvalue weighted by molar-refractivity contribution is 5.40. The Labute approximate surface area is 119 Å². The van der Waals surface area contributed by atoms with Crippen LogP contribution in [0.2, 0.25) is 0 Å². The molecule has 0 saturated heterocycles. The van der Waals surface area contributed by atoms with Gasteiger partial charge in [0.1, 0.15) is 11.5 Å². The van der Waals surface area contributed by atoms with Gasteiger partial charge in [-0.15, -0.1) is 0 Å². The molecule has 0 aliphatic carbocycles. The number of benzene rings is 1. The fourth-order valence-electron chi connectivity index (χ4n) is 2.09. The van der Waals surface area contributed by atoms with Crippen LogP contribution in [-0.4, -0.2) is 24.3 Å². The number of hydrogen-bond acceptors (Lipinski definition) is 4. The first-order valence-electron chi connectivity index (χ1n) is 6.54. The third-order valence-electron chi connectivity index (χ3n) is 3.20. The molecule has 4 heteroatoms. The van der Waals surface area contributed by atoms with Crippen LogP contribution < -0.4 is 9.47 Å². The summed E-state index contributed by atoms with van der Waals surface area (Å²) >= 11 is 0. The maximum absolute atomic E-state index is 10.1. The van der Waals surface area contributed by atoms with Crippen LogP contribution in [0.25, 0.3) is 0 Å². The van der Waals surface area contributed by atoms with Crippen LogP contribution in [0.5, 0.6) is 11.5 Å². The Balaban J connectivity index is 2.06. The SMILES string of the molecule is COc1ccc(OC)c(CCC(O)c2ccccn2)c1. The van der Waals surface area contributed by atoms with Gasteiger partial charge in [0.2, 0.25) is 0 Å². The summed E-state index contributed by atoms with van der Waals surface area (Å²) in [7, 11) is 3.27. The molecule has 1 heterocycles. The van der Waals surface area contributed by atoms with E-state index in [4.69, 9.17) is 9.47 Å². The molecule has 0 radical (unpaired) electrons. The molecule has 20 heavy (non-hydrogen) atoms. The van der Waals surface area contributed by atoms with E-state index in [1.54, 1.807) is 20.4 Å². The summed E-state index contributed by atoms with van der Waals surface area (Å²) in [5, 5.41) is 10.1. The molecule has 2 aromatic rings. The number of aliphatic hydroxyl groups excluding tert-OH is 1. The van der Waals surface area contributed by atoms with Crippen molar-refractivity contribution in [3.63, 3.8) is 0 Å². The summed E-state index contributed by atoms with van der Waals surface area (Å²) in [5.74, 6) is 1.59. The molecule has 1 aromatic heterocycles. The summed E-state index contributed by atoms with van der Waals surface area (Å²) in [5.41, 5.74) is 1.70. The summed E-state index contributed by atoms with van der Waals surface area (Å²) < 4.78 is 10.5. The van der Waals surface area contributed by atoms with Gasteiger partial charge in [-0.05, 0) is 48.7 Å². The van der Waals surface area contributed by atoms with Crippen LogP contribution in [-0.2, 0) is 6.42 Å². The monoisotopic (exact) mass is 273 g/mol. The van der Waals surface area contributed by atoms with Crippen molar-refractivity contribution < 1.29 is 14.6 Å². The topological polar surface area (TPSA) is 51.6 Å². The molecule has 0 amide bonds. The molecule has 0 saturated carbocycles. The van der Waals surface area contributed by atoms with Crippen molar-refractivity contribution in [3.05, 3.63) is 53.9 Å². The normalized spacial score (nSPS) is 11.9. The molecular weight excluding hydrogens is 254 g/mol. The minimum atomic E-state index is -0.577. The van der Waals surface area contributed by atoms with Gasteiger partial charge in [-0.3, -0.25) is 4.98 Å². The lowest BCUT2D eigenvalue weighted by Gasteiger charge is -2.13. The van der Waals surface area contributed by atoms with E-state index in [9.17, 15) is 5.11 Å². The minimum absolute atomic E-state index is 0.577. The van der Waals surface area contributed by atoms with E-state index in [2.05, 4.69) is 4.98 Å². The van der Waals surface area contributed by atoms with Crippen molar-refractivity contribution in [1.29, 1.82) is 0 Å². The lowest BCUT2D eigenvalue weighted by atomic mass is 10.0. The van der Waals surface area contributed by atoms with Gasteiger partial charge in [0.05, 0.1) is 26.0 Å². The summed E-state index contributed by atoms with van der Waals surface area (Å²) in [6.45, 7) is 0. The third-order valence-corrected chi connectivity index (χ3v) is 3.20. The number of pyridine rings is 1. The van der Waals surface area contributed by atoms with E-state index < -0.39 is 6.10 Å². The van der Waals surface area contributed by atoms with Gasteiger partial charge in [0.25, 0.3) is 0 Å². The number of aryl methyl sites for hydroxylation is 1. The van der Waals surface area contributed by atoms with Gasteiger partial charge >= 0.3 is 0 Å². The van der Waals surface area contributed by atoms with Gasteiger partial charge in [0, 0.05) is 6.20 Å². The fourth-order valence-corrected chi connectivity index (χ4v) is 2.09. The largest absolute Gasteiger partial charge is 0.497 e. The van der Waals surface area contributed by atoms with E-state index in [-0.39, 0.29) is 0 Å². The molecule has 0 aliphatic rings. The second-order valence-electron chi connectivity index (χ2n) is 4.49. The Morgan fingerprint density at radius 1 is 1.15 bits per heavy atom. The molecule has 106 valence electrons. The maximum atomic E-state index is 10.1. The number of aliphatic hydroxyl groups is 1. The molecule has 4 nitrogen and oxygen atoms in total. The molecule has 0 bridgehead atoms. The van der Waals surface area contributed by atoms with Crippen LogP contribution in [0.1, 0.15) is 23.8 Å². The zero-order chi connectivity index (χ0) is 14.4. The molecule has 1 unspecified atom stereocenters. The molecule has 0 spiro atoms. The number of nitrogens with zero attached hydrogens (tertiary/aromatic N) is 1. The second-order valence-corrected chi connectivity index (χ2v) is 4.49. The van der Waals surface area contributed by atoms with E-state index in [1.807, 2.05) is 36.4 Å². The van der Waals surface area contributed by atoms with Crippen molar-refractivity contribution >= 4 is 0 Å². The Bertz CT molecular complexity index is 543. The third kappa shape index (κ3) is 3.48. The Morgan fingerprint density at radius 2 is 2.00 bits per heavy atom.